The van der Waals surface area contributed by atoms with Crippen LogP contribution in [0, 0.1) is 5.82 Å². The Morgan fingerprint density at radius 1 is 1.11 bits per heavy atom. The number of aliphatic hydroxyl groups is 2. The van der Waals surface area contributed by atoms with Gasteiger partial charge in [-0.25, -0.2) is 19.3 Å². The van der Waals surface area contributed by atoms with E-state index in [0.717, 1.165) is 11.8 Å². The van der Waals surface area contributed by atoms with Crippen LogP contribution in [0.1, 0.15) is 41.4 Å². The van der Waals surface area contributed by atoms with Crippen LogP contribution in [0.5, 0.6) is 0 Å². The predicted molar refractivity (Wildman–Crippen MR) is 141 cm³/mol. The molecule has 0 fully saturated rings. The van der Waals surface area contributed by atoms with Gasteiger partial charge >= 0.3 is 0 Å². The summed E-state index contributed by atoms with van der Waals surface area (Å²) in [7, 11) is 0. The molecule has 0 saturated carbocycles. The van der Waals surface area contributed by atoms with Gasteiger partial charge in [0.15, 0.2) is 16.6 Å². The van der Waals surface area contributed by atoms with Gasteiger partial charge in [-0.05, 0) is 29.7 Å². The van der Waals surface area contributed by atoms with Crippen molar-refractivity contribution in [3.63, 3.8) is 0 Å². The lowest BCUT2D eigenvalue weighted by Gasteiger charge is -2.28. The van der Waals surface area contributed by atoms with Crippen molar-refractivity contribution in [2.24, 2.45) is 0 Å². The number of anilines is 2. The Kier molecular flexibility index (Phi) is 8.82. The van der Waals surface area contributed by atoms with Gasteiger partial charge in [-0.15, -0.1) is 0 Å². The van der Waals surface area contributed by atoms with E-state index in [2.05, 4.69) is 25.6 Å². The molecule has 0 bridgehead atoms. The molecule has 1 amide bonds. The van der Waals surface area contributed by atoms with Crippen molar-refractivity contribution in [2.75, 3.05) is 11.9 Å². The number of nitrogens with zero attached hydrogens (tertiary/aromatic N) is 3. The van der Waals surface area contributed by atoms with Crippen LogP contribution in [0.4, 0.5) is 15.3 Å². The SMILES string of the molecule is CCCC(O)(CNC(=O)c1nccc(Sc2cnc(Nc3ccc(CO)cn3)s2)c1F)c1ccccc1. The minimum Gasteiger partial charge on any atom is -0.392 e. The normalized spacial score (nSPS) is 12.6. The van der Waals surface area contributed by atoms with Crippen LogP contribution in [0.15, 0.2) is 76.2 Å². The number of hydrogen-bond donors (Lipinski definition) is 4. The van der Waals surface area contributed by atoms with Crippen LogP contribution >= 0.6 is 23.1 Å². The van der Waals surface area contributed by atoms with Gasteiger partial charge < -0.3 is 20.8 Å². The lowest BCUT2D eigenvalue weighted by Crippen LogP contribution is -2.41. The molecule has 0 aliphatic carbocycles. The third kappa shape index (κ3) is 6.69. The summed E-state index contributed by atoms with van der Waals surface area (Å²) in [4.78, 5) is 25.5. The number of halogens is 1. The highest BCUT2D eigenvalue weighted by Gasteiger charge is 2.29. The molecule has 3 aromatic heterocycles. The van der Waals surface area contributed by atoms with Gasteiger partial charge in [0, 0.05) is 12.4 Å². The first kappa shape index (κ1) is 26.7. The first-order valence-corrected chi connectivity index (χ1v) is 13.2. The van der Waals surface area contributed by atoms with Crippen LogP contribution in [0.3, 0.4) is 0 Å². The van der Waals surface area contributed by atoms with Crippen LogP contribution in [0.2, 0.25) is 0 Å². The minimum absolute atomic E-state index is 0.0701. The Morgan fingerprint density at radius 3 is 2.62 bits per heavy atom. The number of nitrogens with one attached hydrogen (secondary N) is 2. The van der Waals surface area contributed by atoms with Crippen molar-refractivity contribution in [3.05, 3.63) is 89.8 Å². The van der Waals surface area contributed by atoms with Gasteiger partial charge in [0.1, 0.15) is 11.4 Å². The van der Waals surface area contributed by atoms with E-state index in [1.54, 1.807) is 36.7 Å². The van der Waals surface area contributed by atoms with E-state index in [1.807, 2.05) is 25.1 Å². The maximum atomic E-state index is 15.3. The van der Waals surface area contributed by atoms with E-state index in [-0.39, 0.29) is 23.7 Å². The maximum absolute atomic E-state index is 15.3. The smallest absolute Gasteiger partial charge is 0.273 e. The number of amides is 1. The fourth-order valence-electron chi connectivity index (χ4n) is 3.64. The van der Waals surface area contributed by atoms with Gasteiger partial charge in [-0.3, -0.25) is 4.79 Å². The van der Waals surface area contributed by atoms with E-state index in [4.69, 9.17) is 5.11 Å². The first-order chi connectivity index (χ1) is 17.9. The van der Waals surface area contributed by atoms with E-state index >= 15 is 4.39 Å². The zero-order chi connectivity index (χ0) is 26.3. The van der Waals surface area contributed by atoms with Gasteiger partial charge in [-0.1, -0.05) is 72.8 Å². The molecule has 0 aliphatic rings. The Hall–Kier alpha value is -3.38. The summed E-state index contributed by atoms with van der Waals surface area (Å²) in [5.41, 5.74) is -0.227. The number of aliphatic hydroxyl groups excluding tert-OH is 1. The molecule has 4 aromatic rings. The van der Waals surface area contributed by atoms with Gasteiger partial charge in [0.25, 0.3) is 5.91 Å². The second-order valence-corrected chi connectivity index (χ2v) is 10.6. The molecule has 1 unspecified atom stereocenters. The monoisotopic (exact) mass is 539 g/mol. The summed E-state index contributed by atoms with van der Waals surface area (Å²) in [6, 6.07) is 14.1. The van der Waals surface area contributed by atoms with Gasteiger partial charge in [-0.2, -0.15) is 0 Å². The van der Waals surface area contributed by atoms with Crippen LogP contribution < -0.4 is 10.6 Å². The zero-order valence-corrected chi connectivity index (χ0v) is 21.7. The average molecular weight is 540 g/mol. The number of benzene rings is 1. The highest BCUT2D eigenvalue weighted by atomic mass is 32.2. The third-order valence-electron chi connectivity index (χ3n) is 5.52. The Balaban J connectivity index is 1.43. The zero-order valence-electron chi connectivity index (χ0n) is 20.0. The molecule has 0 saturated heterocycles. The molecule has 0 aliphatic heterocycles. The Morgan fingerprint density at radius 2 is 1.92 bits per heavy atom. The fourth-order valence-corrected chi connectivity index (χ4v) is 5.51. The van der Waals surface area contributed by atoms with Crippen molar-refractivity contribution >= 4 is 40.0 Å². The second kappa shape index (κ2) is 12.2. The molecule has 1 atom stereocenters. The van der Waals surface area contributed by atoms with Crippen molar-refractivity contribution in [1.82, 2.24) is 20.3 Å². The van der Waals surface area contributed by atoms with Crippen molar-refractivity contribution < 1.29 is 19.4 Å². The van der Waals surface area contributed by atoms with E-state index in [1.165, 1.54) is 23.6 Å². The molecule has 3 heterocycles. The Bertz CT molecular complexity index is 1340. The predicted octanol–water partition coefficient (Wildman–Crippen LogP) is 4.88. The van der Waals surface area contributed by atoms with Crippen molar-refractivity contribution in [1.29, 1.82) is 0 Å². The maximum Gasteiger partial charge on any atom is 0.273 e. The molecule has 192 valence electrons. The number of carbonyl (C=O) groups is 1. The molecule has 4 N–H and O–H groups in total. The molecule has 37 heavy (non-hydrogen) atoms. The average Bonchev–Trinajstić information content (AvgIpc) is 3.36. The summed E-state index contributed by atoms with van der Waals surface area (Å²) in [5.74, 6) is -0.877. The van der Waals surface area contributed by atoms with Crippen LogP contribution in [-0.4, -0.2) is 37.6 Å². The van der Waals surface area contributed by atoms with E-state index in [9.17, 15) is 9.90 Å². The van der Waals surface area contributed by atoms with Gasteiger partial charge in [0.2, 0.25) is 0 Å². The van der Waals surface area contributed by atoms with Crippen LogP contribution in [-0.2, 0) is 12.2 Å². The quantitative estimate of drug-likeness (QED) is 0.213. The molecular formula is C26H26FN5O3S2. The number of rotatable bonds is 11. The Labute approximate surface area is 222 Å². The summed E-state index contributed by atoms with van der Waals surface area (Å²) in [6.07, 6.45) is 5.68. The fraction of sp³-hybridized carbons (Fsp3) is 0.231. The van der Waals surface area contributed by atoms with Crippen molar-refractivity contribution in [2.45, 2.75) is 41.1 Å². The molecule has 11 heteroatoms. The van der Waals surface area contributed by atoms with Crippen molar-refractivity contribution in [3.8, 4) is 0 Å². The standard InChI is InChI=1S/C26H26FN5O3S2/c1-2-11-26(35,18-6-4-3-5-7-18)16-31-24(34)23-22(27)19(10-12-28-23)36-21-14-30-25(37-21)32-20-9-8-17(15-33)13-29-20/h3-10,12-14,33,35H,2,11,15-16H2,1H3,(H,31,34)(H,29,30,32). The molecule has 8 nitrogen and oxygen atoms in total. The van der Waals surface area contributed by atoms with E-state index in [0.29, 0.717) is 39.1 Å². The largest absolute Gasteiger partial charge is 0.392 e. The lowest BCUT2D eigenvalue weighted by molar-refractivity contribution is 0.0260. The topological polar surface area (TPSA) is 120 Å². The van der Waals surface area contributed by atoms with Crippen LogP contribution in [0.25, 0.3) is 0 Å². The minimum atomic E-state index is -1.27. The summed E-state index contributed by atoms with van der Waals surface area (Å²) >= 11 is 2.43. The summed E-state index contributed by atoms with van der Waals surface area (Å²) in [5, 5.41) is 26.6. The first-order valence-electron chi connectivity index (χ1n) is 11.6. The lowest BCUT2D eigenvalue weighted by atomic mass is 9.89. The van der Waals surface area contributed by atoms with Gasteiger partial charge in [0.05, 0.1) is 28.5 Å². The molecule has 0 spiro atoms. The third-order valence-corrected chi connectivity index (χ3v) is 7.57. The molecule has 4 rings (SSSR count). The number of hydrogen-bond acceptors (Lipinski definition) is 9. The summed E-state index contributed by atoms with van der Waals surface area (Å²) < 4.78 is 16.0. The highest BCUT2D eigenvalue weighted by molar-refractivity contribution is 8.01. The van der Waals surface area contributed by atoms with E-state index < -0.39 is 17.3 Å². The number of pyridine rings is 2. The number of thiazole rings is 1. The summed E-state index contributed by atoms with van der Waals surface area (Å²) in [6.45, 7) is 1.79. The molecule has 0 radical (unpaired) electrons. The number of carbonyl (C=O) groups excluding carboxylic acids is 1. The number of aromatic nitrogens is 3. The highest BCUT2D eigenvalue weighted by Crippen LogP contribution is 2.36. The molecular weight excluding hydrogens is 513 g/mol. The molecule has 1 aromatic carbocycles. The second-order valence-electron chi connectivity index (χ2n) is 8.22.